The summed E-state index contributed by atoms with van der Waals surface area (Å²) in [5.74, 6) is -0.170. The second-order valence-corrected chi connectivity index (χ2v) is 5.27. The summed E-state index contributed by atoms with van der Waals surface area (Å²) in [6, 6.07) is 1.71. The van der Waals surface area contributed by atoms with E-state index in [9.17, 15) is 4.79 Å². The van der Waals surface area contributed by atoms with Crippen molar-refractivity contribution in [3.8, 4) is 0 Å². The molecule has 2 heterocycles. The van der Waals surface area contributed by atoms with E-state index in [1.54, 1.807) is 12.3 Å². The maximum atomic E-state index is 11.9. The predicted molar refractivity (Wildman–Crippen MR) is 69.1 cm³/mol. The normalized spacial score (nSPS) is 23.7. The van der Waals surface area contributed by atoms with Crippen molar-refractivity contribution in [2.24, 2.45) is 0 Å². The first-order chi connectivity index (χ1) is 8.06. The molecule has 0 aromatic carbocycles. The van der Waals surface area contributed by atoms with Gasteiger partial charge in [0, 0.05) is 10.7 Å². The molecule has 0 spiro atoms. The van der Waals surface area contributed by atoms with Crippen LogP contribution in [0.2, 0.25) is 5.15 Å². The highest BCUT2D eigenvalue weighted by Gasteiger charge is 2.28. The summed E-state index contributed by atoms with van der Waals surface area (Å²) >= 11 is 9.16. The van der Waals surface area contributed by atoms with Gasteiger partial charge in [0.2, 0.25) is 0 Å². The zero-order chi connectivity index (χ0) is 12.4. The monoisotopic (exact) mass is 318 g/mol. The van der Waals surface area contributed by atoms with Crippen LogP contribution in [0.25, 0.3) is 0 Å². The van der Waals surface area contributed by atoms with E-state index >= 15 is 0 Å². The average Bonchev–Trinajstić information content (AvgIpc) is 2.70. The first kappa shape index (κ1) is 12.8. The summed E-state index contributed by atoms with van der Waals surface area (Å²) in [6.07, 6.45) is 2.97. The molecule has 1 saturated heterocycles. The summed E-state index contributed by atoms with van der Waals surface area (Å²) in [6.45, 7) is 1.96. The number of carbonyl (C=O) groups is 1. The molecule has 0 saturated carbocycles. The van der Waals surface area contributed by atoms with Gasteiger partial charge in [0.05, 0.1) is 11.8 Å². The van der Waals surface area contributed by atoms with Gasteiger partial charge in [0.15, 0.2) is 5.15 Å². The molecule has 1 aromatic heterocycles. The second kappa shape index (κ2) is 5.33. The van der Waals surface area contributed by atoms with Gasteiger partial charge in [-0.3, -0.25) is 4.79 Å². The van der Waals surface area contributed by atoms with Crippen LogP contribution in [-0.2, 0) is 9.53 Å². The highest BCUT2D eigenvalue weighted by atomic mass is 79.9. The molecule has 2 unspecified atom stereocenters. The number of halogens is 2. The molecule has 0 bridgehead atoms. The van der Waals surface area contributed by atoms with E-state index in [2.05, 4.69) is 26.2 Å². The highest BCUT2D eigenvalue weighted by molar-refractivity contribution is 9.10. The molecule has 4 nitrogen and oxygen atoms in total. The Morgan fingerprint density at radius 2 is 2.41 bits per heavy atom. The van der Waals surface area contributed by atoms with Crippen LogP contribution in [0.4, 0.5) is 5.69 Å². The molecule has 2 rings (SSSR count). The van der Waals surface area contributed by atoms with Crippen LogP contribution in [0.3, 0.4) is 0 Å². The van der Waals surface area contributed by atoms with Crippen LogP contribution < -0.4 is 5.32 Å². The first-order valence-corrected chi connectivity index (χ1v) is 6.50. The Bertz CT molecular complexity index is 441. The second-order valence-electron chi connectivity index (χ2n) is 3.99. The molecule has 1 fully saturated rings. The number of hydrogen-bond acceptors (Lipinski definition) is 3. The fourth-order valence-corrected chi connectivity index (χ4v) is 2.20. The number of ether oxygens (including phenoxy) is 1. The van der Waals surface area contributed by atoms with Crippen LogP contribution in [0.15, 0.2) is 16.7 Å². The fourth-order valence-electron chi connectivity index (χ4n) is 1.72. The summed E-state index contributed by atoms with van der Waals surface area (Å²) in [5.41, 5.74) is 0.495. The smallest absolute Gasteiger partial charge is 0.253 e. The van der Waals surface area contributed by atoms with Crippen LogP contribution in [-0.4, -0.2) is 23.1 Å². The minimum Gasteiger partial charge on any atom is -0.365 e. The fraction of sp³-hybridized carbons (Fsp3) is 0.455. The van der Waals surface area contributed by atoms with E-state index in [1.165, 1.54) is 0 Å². The lowest BCUT2D eigenvalue weighted by Gasteiger charge is -2.12. The van der Waals surface area contributed by atoms with Gasteiger partial charge in [-0.15, -0.1) is 0 Å². The summed E-state index contributed by atoms with van der Waals surface area (Å²) in [5, 5.41) is 3.00. The SMILES string of the molecule is CC1CCC(C(=O)Nc2cc(Br)cnc2Cl)O1. The number of amides is 1. The Morgan fingerprint density at radius 1 is 1.65 bits per heavy atom. The molecule has 6 heteroatoms. The molecular weight excluding hydrogens is 307 g/mol. The number of aromatic nitrogens is 1. The van der Waals surface area contributed by atoms with Crippen molar-refractivity contribution >= 4 is 39.1 Å². The number of pyridine rings is 1. The lowest BCUT2D eigenvalue weighted by molar-refractivity contribution is -0.126. The van der Waals surface area contributed by atoms with Crippen molar-refractivity contribution in [1.82, 2.24) is 4.98 Å². The predicted octanol–water partition coefficient (Wildman–Crippen LogP) is 3.00. The van der Waals surface area contributed by atoms with Gasteiger partial charge in [-0.25, -0.2) is 4.98 Å². The van der Waals surface area contributed by atoms with E-state index in [-0.39, 0.29) is 23.3 Å². The number of rotatable bonds is 2. The molecule has 1 aliphatic heterocycles. The molecule has 17 heavy (non-hydrogen) atoms. The zero-order valence-corrected chi connectivity index (χ0v) is 11.6. The first-order valence-electron chi connectivity index (χ1n) is 5.33. The Labute approximate surface area is 113 Å². The van der Waals surface area contributed by atoms with Crippen molar-refractivity contribution in [3.05, 3.63) is 21.9 Å². The lowest BCUT2D eigenvalue weighted by atomic mass is 10.2. The third kappa shape index (κ3) is 3.18. The molecule has 2 atom stereocenters. The van der Waals surface area contributed by atoms with Gasteiger partial charge in [0.1, 0.15) is 6.10 Å². The zero-order valence-electron chi connectivity index (χ0n) is 9.24. The molecule has 1 aliphatic rings. The maximum Gasteiger partial charge on any atom is 0.253 e. The quantitative estimate of drug-likeness (QED) is 0.853. The van der Waals surface area contributed by atoms with Crippen LogP contribution in [0.1, 0.15) is 19.8 Å². The summed E-state index contributed by atoms with van der Waals surface area (Å²) < 4.78 is 6.24. The van der Waals surface area contributed by atoms with Crippen molar-refractivity contribution in [2.45, 2.75) is 32.0 Å². The number of nitrogens with one attached hydrogen (secondary N) is 1. The van der Waals surface area contributed by atoms with Gasteiger partial charge in [-0.05, 0) is 41.8 Å². The Hall–Kier alpha value is -0.650. The topological polar surface area (TPSA) is 51.2 Å². The van der Waals surface area contributed by atoms with E-state index in [0.29, 0.717) is 5.69 Å². The summed E-state index contributed by atoms with van der Waals surface area (Å²) in [4.78, 5) is 15.8. The molecular formula is C11H12BrClN2O2. The maximum absolute atomic E-state index is 11.9. The van der Waals surface area contributed by atoms with Crippen LogP contribution >= 0.6 is 27.5 Å². The van der Waals surface area contributed by atoms with E-state index in [1.807, 2.05) is 6.92 Å². The van der Waals surface area contributed by atoms with Gasteiger partial charge in [-0.2, -0.15) is 0 Å². The van der Waals surface area contributed by atoms with Gasteiger partial charge in [-0.1, -0.05) is 11.6 Å². The van der Waals surface area contributed by atoms with Crippen molar-refractivity contribution in [1.29, 1.82) is 0 Å². The van der Waals surface area contributed by atoms with Gasteiger partial charge < -0.3 is 10.1 Å². The lowest BCUT2D eigenvalue weighted by Crippen LogP contribution is -2.27. The minimum atomic E-state index is -0.389. The van der Waals surface area contributed by atoms with Gasteiger partial charge in [0.25, 0.3) is 5.91 Å². The third-order valence-corrected chi connectivity index (χ3v) is 3.32. The Balaban J connectivity index is 2.05. The van der Waals surface area contributed by atoms with E-state index < -0.39 is 0 Å². The number of nitrogens with zero attached hydrogens (tertiary/aromatic N) is 1. The molecule has 1 amide bonds. The summed E-state index contributed by atoms with van der Waals surface area (Å²) in [7, 11) is 0. The molecule has 0 aliphatic carbocycles. The number of carbonyl (C=O) groups excluding carboxylic acids is 1. The Morgan fingerprint density at radius 3 is 3.06 bits per heavy atom. The molecule has 0 radical (unpaired) electrons. The van der Waals surface area contributed by atoms with Crippen molar-refractivity contribution in [2.75, 3.05) is 5.32 Å². The van der Waals surface area contributed by atoms with Crippen molar-refractivity contribution < 1.29 is 9.53 Å². The van der Waals surface area contributed by atoms with Gasteiger partial charge >= 0.3 is 0 Å². The van der Waals surface area contributed by atoms with Crippen molar-refractivity contribution in [3.63, 3.8) is 0 Å². The number of anilines is 1. The molecule has 1 N–H and O–H groups in total. The molecule has 1 aromatic rings. The minimum absolute atomic E-state index is 0.141. The highest BCUT2D eigenvalue weighted by Crippen LogP contribution is 2.25. The van der Waals surface area contributed by atoms with Crippen LogP contribution in [0.5, 0.6) is 0 Å². The van der Waals surface area contributed by atoms with E-state index in [4.69, 9.17) is 16.3 Å². The molecule has 92 valence electrons. The standard InChI is InChI=1S/C11H12BrClN2O2/c1-6-2-3-9(17-6)11(16)15-8-4-7(12)5-14-10(8)13/h4-6,9H,2-3H2,1H3,(H,15,16). The van der Waals surface area contributed by atoms with E-state index in [0.717, 1.165) is 17.3 Å². The Kier molecular flexibility index (Phi) is 4.01. The number of hydrogen-bond donors (Lipinski definition) is 1. The third-order valence-electron chi connectivity index (χ3n) is 2.59. The average molecular weight is 320 g/mol. The van der Waals surface area contributed by atoms with Crippen LogP contribution in [0, 0.1) is 0 Å². The largest absolute Gasteiger partial charge is 0.365 e.